The van der Waals surface area contributed by atoms with E-state index in [9.17, 15) is 4.79 Å². The van der Waals surface area contributed by atoms with Crippen molar-refractivity contribution in [2.45, 2.75) is 26.3 Å². The third kappa shape index (κ3) is 4.93. The highest BCUT2D eigenvalue weighted by molar-refractivity contribution is 8.18. The molecule has 0 aliphatic carbocycles. The molecule has 1 aliphatic rings. The van der Waals surface area contributed by atoms with Gasteiger partial charge in [0.15, 0.2) is 5.17 Å². The molecule has 0 aromatic heterocycles. The SMILES string of the molecule is CCCOc1ccc2ccccc2c1/C=C1/SC(=Nc2ccccc2)N([C@@H](C)c2ccccc2)C1=O. The number of para-hydroxylation sites is 1. The van der Waals surface area contributed by atoms with Gasteiger partial charge in [0.2, 0.25) is 0 Å². The molecule has 0 saturated carbocycles. The number of hydrogen-bond acceptors (Lipinski definition) is 4. The van der Waals surface area contributed by atoms with Crippen molar-refractivity contribution < 1.29 is 9.53 Å². The first kappa shape index (κ1) is 23.9. The van der Waals surface area contributed by atoms with Crippen LogP contribution >= 0.6 is 11.8 Å². The molecule has 1 aliphatic heterocycles. The highest BCUT2D eigenvalue weighted by Gasteiger charge is 2.37. The van der Waals surface area contributed by atoms with Crippen molar-refractivity contribution in [3.05, 3.63) is 113 Å². The predicted molar refractivity (Wildman–Crippen MR) is 151 cm³/mol. The minimum atomic E-state index is -0.164. The zero-order valence-corrected chi connectivity index (χ0v) is 21.2. The van der Waals surface area contributed by atoms with Crippen molar-refractivity contribution in [1.82, 2.24) is 4.90 Å². The quantitative estimate of drug-likeness (QED) is 0.246. The summed E-state index contributed by atoms with van der Waals surface area (Å²) in [7, 11) is 0. The van der Waals surface area contributed by atoms with Crippen LogP contribution in [0.4, 0.5) is 5.69 Å². The fraction of sp³-hybridized carbons (Fsp3) is 0.161. The summed E-state index contributed by atoms with van der Waals surface area (Å²) in [6, 6.07) is 31.9. The van der Waals surface area contributed by atoms with E-state index >= 15 is 0 Å². The van der Waals surface area contributed by atoms with Gasteiger partial charge in [-0.25, -0.2) is 4.99 Å². The molecule has 1 amide bonds. The summed E-state index contributed by atoms with van der Waals surface area (Å²) in [5.74, 6) is 0.730. The van der Waals surface area contributed by atoms with Crippen LogP contribution in [0.5, 0.6) is 5.75 Å². The van der Waals surface area contributed by atoms with Crippen LogP contribution in [0.1, 0.15) is 37.4 Å². The van der Waals surface area contributed by atoms with Crippen molar-refractivity contribution >= 4 is 45.4 Å². The molecular formula is C31H28N2O2S. The normalized spacial score (nSPS) is 16.7. The molecule has 4 aromatic rings. The molecule has 0 spiro atoms. The monoisotopic (exact) mass is 492 g/mol. The Kier molecular flexibility index (Phi) is 7.19. The number of ether oxygens (including phenoxy) is 1. The lowest BCUT2D eigenvalue weighted by molar-refractivity contribution is -0.123. The van der Waals surface area contributed by atoms with Gasteiger partial charge >= 0.3 is 0 Å². The Bertz CT molecular complexity index is 1430. The van der Waals surface area contributed by atoms with Crippen molar-refractivity contribution in [3.63, 3.8) is 0 Å². The number of thioether (sulfide) groups is 1. The Hall–Kier alpha value is -3.83. The van der Waals surface area contributed by atoms with Crippen LogP contribution in [0.25, 0.3) is 16.8 Å². The first-order valence-corrected chi connectivity index (χ1v) is 13.0. The van der Waals surface area contributed by atoms with Crippen molar-refractivity contribution in [2.24, 2.45) is 4.99 Å². The summed E-state index contributed by atoms with van der Waals surface area (Å²) in [5, 5.41) is 2.84. The Balaban J connectivity index is 1.62. The fourth-order valence-electron chi connectivity index (χ4n) is 4.29. The Morgan fingerprint density at radius 2 is 1.61 bits per heavy atom. The van der Waals surface area contributed by atoms with Crippen molar-refractivity contribution in [2.75, 3.05) is 6.61 Å². The van der Waals surface area contributed by atoms with Crippen molar-refractivity contribution in [1.29, 1.82) is 0 Å². The van der Waals surface area contributed by atoms with Gasteiger partial charge in [-0.2, -0.15) is 0 Å². The molecule has 1 heterocycles. The third-order valence-electron chi connectivity index (χ3n) is 6.15. The third-order valence-corrected chi connectivity index (χ3v) is 7.14. The Morgan fingerprint density at radius 3 is 2.36 bits per heavy atom. The van der Waals surface area contributed by atoms with Crippen molar-refractivity contribution in [3.8, 4) is 5.75 Å². The summed E-state index contributed by atoms with van der Waals surface area (Å²) in [6.07, 6.45) is 2.88. The van der Waals surface area contributed by atoms with Crippen LogP contribution in [0.2, 0.25) is 0 Å². The number of benzene rings is 4. The molecule has 1 fully saturated rings. The van der Waals surface area contributed by atoms with Gasteiger partial charge in [-0.3, -0.25) is 9.69 Å². The second kappa shape index (κ2) is 10.8. The molecule has 5 rings (SSSR count). The van der Waals surface area contributed by atoms with E-state index in [1.165, 1.54) is 11.8 Å². The lowest BCUT2D eigenvalue weighted by Crippen LogP contribution is -2.32. The van der Waals surface area contributed by atoms with Gasteiger partial charge in [-0.05, 0) is 65.7 Å². The van der Waals surface area contributed by atoms with Crippen LogP contribution < -0.4 is 4.74 Å². The fourth-order valence-corrected chi connectivity index (χ4v) is 5.34. The molecule has 0 unspecified atom stereocenters. The standard InChI is InChI=1S/C31H28N2O2S/c1-3-20-35-28-19-18-24-14-10-11-17-26(24)27(28)21-29-30(34)33(22(2)23-12-6-4-7-13-23)31(36-29)32-25-15-8-5-9-16-25/h4-19,21-22H,3,20H2,1-2H3/b29-21+,32-31?/t22-/m0/s1. The topological polar surface area (TPSA) is 41.9 Å². The lowest BCUT2D eigenvalue weighted by Gasteiger charge is -2.24. The van der Waals surface area contributed by atoms with E-state index in [1.54, 1.807) is 4.90 Å². The molecule has 36 heavy (non-hydrogen) atoms. The van der Waals surface area contributed by atoms with E-state index in [0.717, 1.165) is 39.8 Å². The summed E-state index contributed by atoms with van der Waals surface area (Å²) in [6.45, 7) is 4.75. The number of fused-ring (bicyclic) bond motifs is 1. The molecule has 4 nitrogen and oxygen atoms in total. The maximum absolute atomic E-state index is 13.9. The number of aliphatic imine (C=N–C) groups is 1. The first-order chi connectivity index (χ1) is 17.7. The van der Waals surface area contributed by atoms with Crippen LogP contribution in [0.15, 0.2) is 107 Å². The zero-order valence-electron chi connectivity index (χ0n) is 20.4. The van der Waals surface area contributed by atoms with E-state index in [2.05, 4.69) is 25.1 Å². The van der Waals surface area contributed by atoms with Crippen LogP contribution in [0.3, 0.4) is 0 Å². The number of amides is 1. The molecular weight excluding hydrogens is 464 g/mol. The highest BCUT2D eigenvalue weighted by atomic mass is 32.2. The van der Waals surface area contributed by atoms with E-state index in [0.29, 0.717) is 16.7 Å². The van der Waals surface area contributed by atoms with Crippen LogP contribution in [0, 0.1) is 0 Å². The Morgan fingerprint density at radius 1 is 0.917 bits per heavy atom. The molecule has 5 heteroatoms. The van der Waals surface area contributed by atoms with E-state index in [1.807, 2.05) is 91.9 Å². The van der Waals surface area contributed by atoms with Crippen LogP contribution in [-0.2, 0) is 4.79 Å². The zero-order chi connectivity index (χ0) is 24.9. The summed E-state index contributed by atoms with van der Waals surface area (Å²) < 4.78 is 6.10. The van der Waals surface area contributed by atoms with Gasteiger partial charge in [0.25, 0.3) is 5.91 Å². The van der Waals surface area contributed by atoms with Gasteiger partial charge in [0.1, 0.15) is 5.75 Å². The molecule has 0 radical (unpaired) electrons. The highest BCUT2D eigenvalue weighted by Crippen LogP contribution is 2.41. The van der Waals surface area contributed by atoms with E-state index in [-0.39, 0.29) is 11.9 Å². The second-order valence-electron chi connectivity index (χ2n) is 8.65. The van der Waals surface area contributed by atoms with Gasteiger partial charge < -0.3 is 4.74 Å². The molecule has 1 atom stereocenters. The first-order valence-electron chi connectivity index (χ1n) is 12.2. The number of hydrogen-bond donors (Lipinski definition) is 0. The smallest absolute Gasteiger partial charge is 0.267 e. The average Bonchev–Trinajstić information content (AvgIpc) is 3.22. The molecule has 4 aromatic carbocycles. The molecule has 1 saturated heterocycles. The maximum atomic E-state index is 13.9. The number of nitrogens with zero attached hydrogens (tertiary/aromatic N) is 2. The largest absolute Gasteiger partial charge is 0.493 e. The number of amidine groups is 1. The Labute approximate surface area is 216 Å². The van der Waals surface area contributed by atoms with Gasteiger partial charge in [-0.1, -0.05) is 85.8 Å². The van der Waals surface area contributed by atoms with E-state index < -0.39 is 0 Å². The second-order valence-corrected chi connectivity index (χ2v) is 9.66. The summed E-state index contributed by atoms with van der Waals surface area (Å²) in [4.78, 5) is 21.2. The van der Waals surface area contributed by atoms with Gasteiger partial charge in [-0.15, -0.1) is 0 Å². The summed E-state index contributed by atoms with van der Waals surface area (Å²) >= 11 is 1.41. The predicted octanol–water partition coefficient (Wildman–Crippen LogP) is 7.99. The maximum Gasteiger partial charge on any atom is 0.267 e. The lowest BCUT2D eigenvalue weighted by atomic mass is 10.0. The minimum Gasteiger partial charge on any atom is -0.493 e. The van der Waals surface area contributed by atoms with Crippen LogP contribution in [-0.4, -0.2) is 22.6 Å². The summed E-state index contributed by atoms with van der Waals surface area (Å²) in [5.41, 5.74) is 2.80. The van der Waals surface area contributed by atoms with Gasteiger partial charge in [0, 0.05) is 5.56 Å². The number of carbonyl (C=O) groups excluding carboxylic acids is 1. The molecule has 0 N–H and O–H groups in total. The number of carbonyl (C=O) groups is 1. The van der Waals surface area contributed by atoms with Gasteiger partial charge in [0.05, 0.1) is 23.2 Å². The molecule has 180 valence electrons. The minimum absolute atomic E-state index is 0.0552. The molecule has 0 bridgehead atoms. The average molecular weight is 493 g/mol. The van der Waals surface area contributed by atoms with E-state index in [4.69, 9.17) is 9.73 Å². The number of rotatable bonds is 7.